The summed E-state index contributed by atoms with van der Waals surface area (Å²) in [4.78, 5) is 12.3. The molecule has 0 aliphatic carbocycles. The van der Waals surface area contributed by atoms with Crippen molar-refractivity contribution in [2.75, 3.05) is 0 Å². The number of carboxylic acids is 1. The van der Waals surface area contributed by atoms with Gasteiger partial charge in [-0.25, -0.2) is 0 Å². The summed E-state index contributed by atoms with van der Waals surface area (Å²) in [6, 6.07) is 19.4. The summed E-state index contributed by atoms with van der Waals surface area (Å²) in [5, 5.41) is 8.83. The summed E-state index contributed by atoms with van der Waals surface area (Å²) >= 11 is 1.39. The van der Waals surface area contributed by atoms with Crippen molar-refractivity contribution in [2.45, 2.75) is 16.6 Å². The van der Waals surface area contributed by atoms with E-state index in [1.54, 1.807) is 0 Å². The number of carbonyl (C=O) groups is 1. The average Bonchev–Trinajstić information content (AvgIpc) is 2.40. The van der Waals surface area contributed by atoms with E-state index in [9.17, 15) is 9.90 Å². The van der Waals surface area contributed by atoms with Crippen LogP contribution in [0.5, 0.6) is 0 Å². The van der Waals surface area contributed by atoms with Crippen LogP contribution in [0.25, 0.3) is 0 Å². The lowest BCUT2D eigenvalue weighted by molar-refractivity contribution is -0.136. The third-order valence-electron chi connectivity index (χ3n) is 2.56. The largest absolute Gasteiger partial charge is 0.480 e. The molecule has 2 aromatic rings. The van der Waals surface area contributed by atoms with Gasteiger partial charge in [-0.05, 0) is 24.1 Å². The first-order chi connectivity index (χ1) is 8.75. The Morgan fingerprint density at radius 1 is 1.00 bits per heavy atom. The summed E-state index contributed by atoms with van der Waals surface area (Å²) in [5.41, 5.74) is 1.05. The number of aliphatic carboxylic acids is 1. The number of carboxylic acid groups (broad SMARTS) is 1. The van der Waals surface area contributed by atoms with Crippen LogP contribution in [0.2, 0.25) is 0 Å². The fourth-order valence-corrected chi connectivity index (χ4v) is 2.69. The second-order valence-electron chi connectivity index (χ2n) is 3.95. The molecule has 3 heteroatoms. The highest BCUT2D eigenvalue weighted by atomic mass is 32.2. The van der Waals surface area contributed by atoms with E-state index >= 15 is 0 Å². The maximum atomic E-state index is 11.3. The standard InChI is InChI=1S/C15H14O2S/c16-15(17)14(11-12-7-3-1-4-8-12)18-13-9-5-2-6-10-13/h1-10,14H,11H2,(H,16,17)/t14-/m1/s1. The van der Waals surface area contributed by atoms with Crippen molar-refractivity contribution in [3.8, 4) is 0 Å². The minimum absolute atomic E-state index is 0.449. The van der Waals surface area contributed by atoms with Crippen molar-refractivity contribution in [1.29, 1.82) is 0 Å². The molecule has 0 bridgehead atoms. The van der Waals surface area contributed by atoms with Gasteiger partial charge in [0.1, 0.15) is 5.25 Å². The lowest BCUT2D eigenvalue weighted by Gasteiger charge is -2.12. The van der Waals surface area contributed by atoms with Crippen molar-refractivity contribution in [3.05, 3.63) is 66.2 Å². The molecule has 0 saturated heterocycles. The van der Waals surface area contributed by atoms with Gasteiger partial charge >= 0.3 is 5.97 Å². The van der Waals surface area contributed by atoms with Gasteiger partial charge in [-0.1, -0.05) is 48.5 Å². The van der Waals surface area contributed by atoms with E-state index < -0.39 is 11.2 Å². The quantitative estimate of drug-likeness (QED) is 0.834. The van der Waals surface area contributed by atoms with Crippen LogP contribution in [-0.2, 0) is 11.2 Å². The molecular formula is C15H14O2S. The summed E-state index contributed by atoms with van der Waals surface area (Å²) in [6.45, 7) is 0. The Kier molecular flexibility index (Phi) is 4.42. The normalized spacial score (nSPS) is 12.0. The number of hydrogen-bond acceptors (Lipinski definition) is 2. The van der Waals surface area contributed by atoms with Crippen molar-refractivity contribution in [1.82, 2.24) is 0 Å². The molecule has 0 fully saturated rings. The summed E-state index contributed by atoms with van der Waals surface area (Å²) in [5.74, 6) is -0.771. The summed E-state index contributed by atoms with van der Waals surface area (Å²) in [7, 11) is 0. The molecule has 0 aromatic heterocycles. The molecule has 0 aliphatic heterocycles. The molecule has 92 valence electrons. The number of rotatable bonds is 5. The van der Waals surface area contributed by atoms with E-state index in [1.807, 2.05) is 60.7 Å². The van der Waals surface area contributed by atoms with Gasteiger partial charge in [0.15, 0.2) is 0 Å². The topological polar surface area (TPSA) is 37.3 Å². The molecule has 1 atom stereocenters. The van der Waals surface area contributed by atoms with E-state index in [-0.39, 0.29) is 0 Å². The average molecular weight is 258 g/mol. The molecule has 18 heavy (non-hydrogen) atoms. The molecule has 2 aromatic carbocycles. The van der Waals surface area contributed by atoms with E-state index in [2.05, 4.69) is 0 Å². The third kappa shape index (κ3) is 3.64. The molecule has 1 N–H and O–H groups in total. The van der Waals surface area contributed by atoms with Gasteiger partial charge in [0.05, 0.1) is 0 Å². The zero-order chi connectivity index (χ0) is 12.8. The molecule has 2 rings (SSSR count). The Morgan fingerprint density at radius 3 is 2.11 bits per heavy atom. The van der Waals surface area contributed by atoms with Crippen molar-refractivity contribution >= 4 is 17.7 Å². The van der Waals surface area contributed by atoms with E-state index in [1.165, 1.54) is 11.8 Å². The van der Waals surface area contributed by atoms with Gasteiger partial charge in [-0.15, -0.1) is 11.8 Å². The molecule has 0 radical (unpaired) electrons. The second kappa shape index (κ2) is 6.26. The van der Waals surface area contributed by atoms with Gasteiger partial charge in [0.25, 0.3) is 0 Å². The van der Waals surface area contributed by atoms with Crippen LogP contribution in [-0.4, -0.2) is 16.3 Å². The molecule has 0 spiro atoms. The number of hydrogen-bond donors (Lipinski definition) is 1. The van der Waals surface area contributed by atoms with Gasteiger partial charge in [0.2, 0.25) is 0 Å². The van der Waals surface area contributed by atoms with Crippen LogP contribution in [0.15, 0.2) is 65.6 Å². The molecule has 2 nitrogen and oxygen atoms in total. The molecular weight excluding hydrogens is 244 g/mol. The maximum Gasteiger partial charge on any atom is 0.317 e. The summed E-state index contributed by atoms with van der Waals surface area (Å²) in [6.07, 6.45) is 0.537. The van der Waals surface area contributed by atoms with Crippen molar-refractivity contribution in [2.24, 2.45) is 0 Å². The zero-order valence-electron chi connectivity index (χ0n) is 9.82. The smallest absolute Gasteiger partial charge is 0.317 e. The van der Waals surface area contributed by atoms with Crippen LogP contribution < -0.4 is 0 Å². The SMILES string of the molecule is O=C(O)[C@@H](Cc1ccccc1)Sc1ccccc1. The van der Waals surface area contributed by atoms with Crippen LogP contribution >= 0.6 is 11.8 Å². The van der Waals surface area contributed by atoms with Crippen LogP contribution in [0.4, 0.5) is 0 Å². The van der Waals surface area contributed by atoms with Crippen LogP contribution in [0.1, 0.15) is 5.56 Å². The first kappa shape index (κ1) is 12.7. The Morgan fingerprint density at radius 2 is 1.56 bits per heavy atom. The monoisotopic (exact) mass is 258 g/mol. The fourth-order valence-electron chi connectivity index (χ4n) is 1.67. The Hall–Kier alpha value is -1.74. The third-order valence-corrected chi connectivity index (χ3v) is 3.76. The molecule has 0 unspecified atom stereocenters. The first-order valence-corrected chi connectivity index (χ1v) is 6.62. The minimum Gasteiger partial charge on any atom is -0.480 e. The van der Waals surface area contributed by atoms with E-state index in [0.29, 0.717) is 6.42 Å². The van der Waals surface area contributed by atoms with E-state index in [0.717, 1.165) is 10.5 Å². The predicted molar refractivity (Wildman–Crippen MR) is 73.9 cm³/mol. The van der Waals surface area contributed by atoms with Gasteiger partial charge in [-0.3, -0.25) is 4.79 Å². The number of thioether (sulfide) groups is 1. The highest BCUT2D eigenvalue weighted by molar-refractivity contribution is 8.00. The number of benzene rings is 2. The Labute approximate surface area is 111 Å². The van der Waals surface area contributed by atoms with Crippen LogP contribution in [0.3, 0.4) is 0 Å². The predicted octanol–water partition coefficient (Wildman–Crippen LogP) is 3.47. The Bertz CT molecular complexity index is 455. The first-order valence-electron chi connectivity index (χ1n) is 5.74. The van der Waals surface area contributed by atoms with Gasteiger partial charge in [-0.2, -0.15) is 0 Å². The molecule has 0 aliphatic rings. The lowest BCUT2D eigenvalue weighted by atomic mass is 10.1. The fraction of sp³-hybridized carbons (Fsp3) is 0.133. The Balaban J connectivity index is 2.08. The molecule has 0 heterocycles. The van der Waals surface area contributed by atoms with Gasteiger partial charge < -0.3 is 5.11 Å². The molecule has 0 saturated carbocycles. The lowest BCUT2D eigenvalue weighted by Crippen LogP contribution is -2.19. The zero-order valence-corrected chi connectivity index (χ0v) is 10.6. The second-order valence-corrected chi connectivity index (χ2v) is 5.22. The van der Waals surface area contributed by atoms with Crippen molar-refractivity contribution < 1.29 is 9.90 Å². The maximum absolute atomic E-state index is 11.3. The highest BCUT2D eigenvalue weighted by Crippen LogP contribution is 2.25. The minimum atomic E-state index is -0.771. The molecule has 0 amide bonds. The van der Waals surface area contributed by atoms with Gasteiger partial charge in [0, 0.05) is 4.90 Å². The highest BCUT2D eigenvalue weighted by Gasteiger charge is 2.19. The van der Waals surface area contributed by atoms with E-state index in [4.69, 9.17) is 0 Å². The summed E-state index contributed by atoms with van der Waals surface area (Å²) < 4.78 is 0. The van der Waals surface area contributed by atoms with Crippen LogP contribution in [0, 0.1) is 0 Å². The van der Waals surface area contributed by atoms with Crippen molar-refractivity contribution in [3.63, 3.8) is 0 Å².